The van der Waals surface area contributed by atoms with Gasteiger partial charge >= 0.3 is 12.1 Å². The van der Waals surface area contributed by atoms with Crippen LogP contribution in [0.15, 0.2) is 24.4 Å². The van der Waals surface area contributed by atoms with Crippen LogP contribution in [0.3, 0.4) is 0 Å². The predicted molar refractivity (Wildman–Crippen MR) is 127 cm³/mol. The maximum atomic E-state index is 14.0. The van der Waals surface area contributed by atoms with Crippen LogP contribution in [0, 0.1) is 0 Å². The zero-order valence-corrected chi connectivity index (χ0v) is 20.4. The molecule has 1 fully saturated rings. The molecule has 0 atom stereocenters. The summed E-state index contributed by atoms with van der Waals surface area (Å²) in [7, 11) is 1.61. The fourth-order valence-corrected chi connectivity index (χ4v) is 4.79. The number of aliphatic carboxylic acids is 1. The van der Waals surface area contributed by atoms with Crippen LogP contribution in [0.4, 0.5) is 24.8 Å². The topological polar surface area (TPSA) is 114 Å². The molecule has 200 valence electrons. The molecule has 2 heterocycles. The van der Waals surface area contributed by atoms with Crippen molar-refractivity contribution in [2.24, 2.45) is 0 Å². The third-order valence-corrected chi connectivity index (χ3v) is 6.71. The second-order valence-electron chi connectivity index (χ2n) is 9.22. The molecule has 9 nitrogen and oxygen atoms in total. The van der Waals surface area contributed by atoms with E-state index in [0.29, 0.717) is 50.5 Å². The lowest BCUT2D eigenvalue weighted by Crippen LogP contribution is -2.55. The summed E-state index contributed by atoms with van der Waals surface area (Å²) in [6.45, 7) is 1.40. The molecule has 12 heteroatoms. The molecule has 0 spiro atoms. The van der Waals surface area contributed by atoms with Gasteiger partial charge in [-0.3, -0.25) is 4.79 Å². The van der Waals surface area contributed by atoms with Gasteiger partial charge in [-0.25, -0.2) is 14.8 Å². The molecule has 2 aliphatic rings. The molecule has 1 aromatic carbocycles. The third kappa shape index (κ3) is 5.79. The van der Waals surface area contributed by atoms with E-state index >= 15 is 0 Å². The van der Waals surface area contributed by atoms with E-state index in [0.717, 1.165) is 24.6 Å². The first-order chi connectivity index (χ1) is 17.6. The summed E-state index contributed by atoms with van der Waals surface area (Å²) in [5.74, 6) is -1.96. The number of aromatic nitrogens is 2. The number of benzene rings is 1. The van der Waals surface area contributed by atoms with Crippen molar-refractivity contribution in [1.82, 2.24) is 15.3 Å². The highest BCUT2D eigenvalue weighted by molar-refractivity contribution is 5.98. The molecule has 0 radical (unpaired) electrons. The van der Waals surface area contributed by atoms with Crippen molar-refractivity contribution in [3.05, 3.63) is 41.2 Å². The van der Waals surface area contributed by atoms with Crippen LogP contribution >= 0.6 is 0 Å². The van der Waals surface area contributed by atoms with Gasteiger partial charge in [0.25, 0.3) is 5.91 Å². The highest BCUT2D eigenvalue weighted by atomic mass is 19.4. The largest absolute Gasteiger partial charge is 0.493 e. The van der Waals surface area contributed by atoms with Gasteiger partial charge in [-0.15, -0.1) is 0 Å². The number of nitrogens with one attached hydrogen (secondary N) is 1. The number of rotatable bonds is 9. The van der Waals surface area contributed by atoms with Crippen molar-refractivity contribution in [3.63, 3.8) is 0 Å². The predicted octanol–water partition coefficient (Wildman–Crippen LogP) is 4.12. The number of halogens is 3. The number of ether oxygens (including phenoxy) is 2. The molecule has 0 saturated heterocycles. The first kappa shape index (κ1) is 26.6. The van der Waals surface area contributed by atoms with Crippen LogP contribution in [0.1, 0.15) is 60.1 Å². The highest BCUT2D eigenvalue weighted by Gasteiger charge is 2.44. The molecule has 4 rings (SSSR count). The zero-order chi connectivity index (χ0) is 26.6. The number of carboxylic acid groups (broad SMARTS) is 1. The maximum absolute atomic E-state index is 14.0. The molecular weight excluding hydrogens is 493 g/mol. The first-order valence-corrected chi connectivity index (χ1v) is 12.2. The molecule has 2 aromatic rings. The van der Waals surface area contributed by atoms with Gasteiger partial charge in [-0.05, 0) is 43.0 Å². The minimum absolute atomic E-state index is 0.150. The van der Waals surface area contributed by atoms with Gasteiger partial charge in [0.2, 0.25) is 5.95 Å². The van der Waals surface area contributed by atoms with Crippen molar-refractivity contribution in [2.75, 3.05) is 31.8 Å². The fourth-order valence-electron chi connectivity index (χ4n) is 4.79. The molecule has 0 unspecified atom stereocenters. The molecule has 1 saturated carbocycles. The Morgan fingerprint density at radius 1 is 1.19 bits per heavy atom. The number of carbonyl (C=O) groups is 2. The Morgan fingerprint density at radius 2 is 1.95 bits per heavy atom. The third-order valence-electron chi connectivity index (χ3n) is 6.71. The summed E-state index contributed by atoms with van der Waals surface area (Å²) in [5, 5.41) is 12.0. The van der Waals surface area contributed by atoms with Gasteiger partial charge < -0.3 is 24.8 Å². The average Bonchev–Trinajstić information content (AvgIpc) is 3.29. The average molecular weight is 523 g/mol. The van der Waals surface area contributed by atoms with Crippen LogP contribution in [-0.4, -0.2) is 59.4 Å². The number of methoxy groups -OCH3 is 1. The number of carbonyl (C=O) groups excluding carboxylic acids is 1. The van der Waals surface area contributed by atoms with Gasteiger partial charge in [0, 0.05) is 38.6 Å². The minimum Gasteiger partial charge on any atom is -0.493 e. The van der Waals surface area contributed by atoms with E-state index in [2.05, 4.69) is 15.3 Å². The van der Waals surface area contributed by atoms with E-state index in [4.69, 9.17) is 9.47 Å². The number of nitrogens with zero attached hydrogens (tertiary/aromatic N) is 3. The van der Waals surface area contributed by atoms with Crippen molar-refractivity contribution in [3.8, 4) is 5.75 Å². The van der Waals surface area contributed by atoms with E-state index in [9.17, 15) is 27.9 Å². The molecule has 2 N–H and O–H groups in total. The number of alkyl halides is 3. The number of anilines is 2. The highest BCUT2D eigenvalue weighted by Crippen LogP contribution is 2.38. The normalized spacial score (nSPS) is 16.8. The Balaban J connectivity index is 1.58. The molecule has 1 aromatic heterocycles. The van der Waals surface area contributed by atoms with E-state index in [1.165, 1.54) is 0 Å². The summed E-state index contributed by atoms with van der Waals surface area (Å²) < 4.78 is 52.7. The Bertz CT molecular complexity index is 1150. The van der Waals surface area contributed by atoms with Gasteiger partial charge in [-0.2, -0.15) is 13.2 Å². The van der Waals surface area contributed by atoms with E-state index in [1.54, 1.807) is 24.1 Å². The number of amides is 1. The Morgan fingerprint density at radius 3 is 2.62 bits per heavy atom. The van der Waals surface area contributed by atoms with Crippen LogP contribution < -0.4 is 15.0 Å². The lowest BCUT2D eigenvalue weighted by molar-refractivity contribution is -0.145. The van der Waals surface area contributed by atoms with Gasteiger partial charge in [-0.1, -0.05) is 19.3 Å². The van der Waals surface area contributed by atoms with Crippen molar-refractivity contribution in [2.45, 2.75) is 56.7 Å². The molecule has 1 aliphatic carbocycles. The summed E-state index contributed by atoms with van der Waals surface area (Å²) >= 11 is 0. The lowest BCUT2D eigenvalue weighted by atomic mass is 9.81. The molecule has 0 bridgehead atoms. The summed E-state index contributed by atoms with van der Waals surface area (Å²) in [5.41, 5.74) is -2.28. The molecule has 37 heavy (non-hydrogen) atoms. The van der Waals surface area contributed by atoms with Crippen LogP contribution in [-0.2, 0) is 22.1 Å². The SMILES string of the molecule is COCCCOc1ccc2c(c1)CCN2c1ncc(C(=O)NC2(C(=O)O)CCCCC2)c(C(F)(F)F)n1. The quantitative estimate of drug-likeness (QED) is 0.473. The van der Waals surface area contributed by atoms with E-state index in [-0.39, 0.29) is 18.8 Å². The van der Waals surface area contributed by atoms with Crippen molar-refractivity contribution in [1.29, 1.82) is 0 Å². The van der Waals surface area contributed by atoms with Gasteiger partial charge in [0.15, 0.2) is 5.69 Å². The van der Waals surface area contributed by atoms with Crippen molar-refractivity contribution >= 4 is 23.5 Å². The minimum atomic E-state index is -4.95. The lowest BCUT2D eigenvalue weighted by Gasteiger charge is -2.34. The Labute approximate surface area is 212 Å². The standard InChI is InChI=1S/C25H29F3N4O5/c1-36-12-5-13-37-17-6-7-19-16(14-17)8-11-32(19)23-29-15-18(20(30-23)25(26,27)28)21(33)31-24(22(34)35)9-3-2-4-10-24/h6-7,14-15H,2-5,8-13H2,1H3,(H,31,33)(H,34,35). The van der Waals surface area contributed by atoms with Gasteiger partial charge in [0.05, 0.1) is 12.2 Å². The number of hydrogen-bond acceptors (Lipinski definition) is 7. The second kappa shape index (κ2) is 10.9. The molecule has 1 aliphatic heterocycles. The van der Waals surface area contributed by atoms with E-state index < -0.39 is 34.8 Å². The van der Waals surface area contributed by atoms with E-state index in [1.807, 2.05) is 6.07 Å². The molecular formula is C25H29F3N4O5. The van der Waals surface area contributed by atoms with Crippen molar-refractivity contribution < 1.29 is 37.3 Å². The maximum Gasteiger partial charge on any atom is 0.434 e. The van der Waals surface area contributed by atoms with Gasteiger partial charge in [0.1, 0.15) is 11.3 Å². The van der Waals surface area contributed by atoms with Crippen LogP contribution in [0.25, 0.3) is 0 Å². The Kier molecular flexibility index (Phi) is 7.86. The van der Waals surface area contributed by atoms with Crippen LogP contribution in [0.2, 0.25) is 0 Å². The zero-order valence-electron chi connectivity index (χ0n) is 20.4. The number of fused-ring (bicyclic) bond motifs is 1. The van der Waals surface area contributed by atoms with Crippen LogP contribution in [0.5, 0.6) is 5.75 Å². The number of carboxylic acids is 1. The fraction of sp³-hybridized carbons (Fsp3) is 0.520. The first-order valence-electron chi connectivity index (χ1n) is 12.2. The second-order valence-corrected chi connectivity index (χ2v) is 9.22. The summed E-state index contributed by atoms with van der Waals surface area (Å²) in [6, 6.07) is 5.31. The Hall–Kier alpha value is -3.41. The number of hydrogen-bond donors (Lipinski definition) is 2. The smallest absolute Gasteiger partial charge is 0.434 e. The monoisotopic (exact) mass is 522 g/mol. The molecule has 1 amide bonds. The summed E-state index contributed by atoms with van der Waals surface area (Å²) in [4.78, 5) is 34.1. The summed E-state index contributed by atoms with van der Waals surface area (Å²) in [6.07, 6.45) is -0.631.